The molecule has 6 heteroatoms. The smallest absolute Gasteiger partial charge is 0.327 e. The van der Waals surface area contributed by atoms with Crippen LogP contribution in [0.3, 0.4) is 0 Å². The van der Waals surface area contributed by atoms with Crippen LogP contribution in [0.15, 0.2) is 22.7 Å². The molecule has 0 aliphatic heterocycles. The van der Waals surface area contributed by atoms with E-state index in [-0.39, 0.29) is 31.0 Å². The number of hydrogen-bond acceptors (Lipinski definition) is 1. The summed E-state index contributed by atoms with van der Waals surface area (Å²) in [6.45, 7) is 0. The number of halogens is 5. The Labute approximate surface area is 130 Å². The maximum absolute atomic E-state index is 13.7. The van der Waals surface area contributed by atoms with Gasteiger partial charge in [-0.2, -0.15) is 13.2 Å². The number of rotatable bonds is 3. The molecule has 2 rings (SSSR count). The highest BCUT2D eigenvalue weighted by molar-refractivity contribution is 9.10. The van der Waals surface area contributed by atoms with Gasteiger partial charge in [0.1, 0.15) is 5.82 Å². The van der Waals surface area contributed by atoms with Gasteiger partial charge in [-0.05, 0) is 55.4 Å². The molecule has 0 radical (unpaired) electrons. The summed E-state index contributed by atoms with van der Waals surface area (Å²) in [5.74, 6) is -1.84. The topological polar surface area (TPSA) is 26.0 Å². The Morgan fingerprint density at radius 1 is 1.29 bits per heavy atom. The van der Waals surface area contributed by atoms with Gasteiger partial charge >= 0.3 is 6.18 Å². The lowest BCUT2D eigenvalue weighted by Gasteiger charge is -2.34. The molecular formula is C15H18BrF4N. The predicted molar refractivity (Wildman–Crippen MR) is 77.3 cm³/mol. The summed E-state index contributed by atoms with van der Waals surface area (Å²) < 4.78 is 52.9. The lowest BCUT2D eigenvalue weighted by Crippen LogP contribution is -2.39. The third-order valence-electron chi connectivity index (χ3n) is 4.25. The molecule has 21 heavy (non-hydrogen) atoms. The number of hydrogen-bond donors (Lipinski definition) is 1. The number of alkyl halides is 3. The van der Waals surface area contributed by atoms with E-state index in [1.54, 1.807) is 12.1 Å². The van der Waals surface area contributed by atoms with E-state index in [4.69, 9.17) is 5.73 Å². The Morgan fingerprint density at radius 2 is 2.00 bits per heavy atom. The van der Waals surface area contributed by atoms with E-state index in [0.717, 1.165) is 4.47 Å². The second-order valence-electron chi connectivity index (χ2n) is 5.77. The van der Waals surface area contributed by atoms with Crippen LogP contribution < -0.4 is 5.73 Å². The first kappa shape index (κ1) is 16.7. The van der Waals surface area contributed by atoms with Crippen LogP contribution in [0, 0.1) is 17.7 Å². The van der Waals surface area contributed by atoms with Crippen molar-refractivity contribution in [1.82, 2.24) is 0 Å². The summed E-state index contributed by atoms with van der Waals surface area (Å²) in [4.78, 5) is 0. The number of nitrogens with two attached hydrogens (primary N) is 1. The largest absolute Gasteiger partial charge is 0.391 e. The zero-order valence-electron chi connectivity index (χ0n) is 11.5. The summed E-state index contributed by atoms with van der Waals surface area (Å²) in [5.41, 5.74) is 6.51. The summed E-state index contributed by atoms with van der Waals surface area (Å²) in [6, 6.07) is 4.12. The van der Waals surface area contributed by atoms with Crippen molar-refractivity contribution < 1.29 is 17.6 Å². The van der Waals surface area contributed by atoms with Crippen molar-refractivity contribution in [3.8, 4) is 0 Å². The summed E-state index contributed by atoms with van der Waals surface area (Å²) in [5, 5.41) is 0. The molecule has 0 amide bonds. The highest BCUT2D eigenvalue weighted by atomic mass is 79.9. The summed E-state index contributed by atoms with van der Waals surface area (Å²) in [6.07, 6.45) is -2.44. The van der Waals surface area contributed by atoms with E-state index < -0.39 is 18.1 Å². The first-order valence-corrected chi connectivity index (χ1v) is 7.83. The van der Waals surface area contributed by atoms with Crippen LogP contribution in [-0.2, 0) is 6.42 Å². The molecule has 118 valence electrons. The standard InChI is InChI=1S/C15H18BrF4N/c16-12-4-5-13(17)10(7-12)8-14(21)9-2-1-3-11(6-9)15(18,19)20/h4-5,7,9,11,14H,1-3,6,8,21H2. The van der Waals surface area contributed by atoms with Crippen molar-refractivity contribution in [2.45, 2.75) is 44.3 Å². The van der Waals surface area contributed by atoms with Gasteiger partial charge in [0.2, 0.25) is 0 Å². The van der Waals surface area contributed by atoms with Gasteiger partial charge in [0, 0.05) is 10.5 Å². The molecule has 1 fully saturated rings. The Balaban J connectivity index is 2.02. The molecule has 0 aromatic heterocycles. The van der Waals surface area contributed by atoms with Gasteiger partial charge < -0.3 is 5.73 Å². The molecule has 0 spiro atoms. The first-order chi connectivity index (χ1) is 9.77. The molecular weight excluding hydrogens is 350 g/mol. The molecule has 3 unspecified atom stereocenters. The number of benzene rings is 1. The molecule has 1 aliphatic rings. The molecule has 0 saturated heterocycles. The lowest BCUT2D eigenvalue weighted by atomic mass is 9.76. The summed E-state index contributed by atoms with van der Waals surface area (Å²) >= 11 is 3.26. The molecule has 1 nitrogen and oxygen atoms in total. The van der Waals surface area contributed by atoms with E-state index in [9.17, 15) is 17.6 Å². The van der Waals surface area contributed by atoms with Gasteiger partial charge in [0.25, 0.3) is 0 Å². The van der Waals surface area contributed by atoms with E-state index in [0.29, 0.717) is 18.4 Å². The van der Waals surface area contributed by atoms with Crippen molar-refractivity contribution >= 4 is 15.9 Å². The van der Waals surface area contributed by atoms with Crippen molar-refractivity contribution in [2.24, 2.45) is 17.6 Å². The first-order valence-electron chi connectivity index (χ1n) is 7.03. The fourth-order valence-electron chi connectivity index (χ4n) is 3.03. The van der Waals surface area contributed by atoms with Gasteiger partial charge in [0.15, 0.2) is 0 Å². The lowest BCUT2D eigenvalue weighted by molar-refractivity contribution is -0.186. The van der Waals surface area contributed by atoms with Crippen molar-refractivity contribution in [2.75, 3.05) is 0 Å². The van der Waals surface area contributed by atoms with E-state index >= 15 is 0 Å². The van der Waals surface area contributed by atoms with Crippen LogP contribution in [0.2, 0.25) is 0 Å². The van der Waals surface area contributed by atoms with Crippen molar-refractivity contribution in [3.05, 3.63) is 34.1 Å². The van der Waals surface area contributed by atoms with Crippen LogP contribution in [0.4, 0.5) is 17.6 Å². The second-order valence-corrected chi connectivity index (χ2v) is 6.68. The second kappa shape index (κ2) is 6.65. The molecule has 1 aliphatic carbocycles. The zero-order valence-corrected chi connectivity index (χ0v) is 13.1. The van der Waals surface area contributed by atoms with Crippen LogP contribution in [0.5, 0.6) is 0 Å². The van der Waals surface area contributed by atoms with Crippen LogP contribution >= 0.6 is 15.9 Å². The highest BCUT2D eigenvalue weighted by Gasteiger charge is 2.43. The molecule has 0 heterocycles. The van der Waals surface area contributed by atoms with Gasteiger partial charge in [-0.1, -0.05) is 22.4 Å². The molecule has 3 atom stereocenters. The average Bonchev–Trinajstić information content (AvgIpc) is 2.42. The predicted octanol–water partition coefficient (Wildman–Crippen LogP) is 4.83. The maximum Gasteiger partial charge on any atom is 0.391 e. The Kier molecular flexibility index (Phi) is 5.30. The average molecular weight is 368 g/mol. The SMILES string of the molecule is NC(Cc1cc(Br)ccc1F)C1CCCC(C(F)(F)F)C1. The zero-order chi connectivity index (χ0) is 15.6. The minimum atomic E-state index is -4.15. The fourth-order valence-corrected chi connectivity index (χ4v) is 3.44. The summed E-state index contributed by atoms with van der Waals surface area (Å²) in [7, 11) is 0. The quantitative estimate of drug-likeness (QED) is 0.761. The Hall–Kier alpha value is -0.620. The fraction of sp³-hybridized carbons (Fsp3) is 0.600. The minimum absolute atomic E-state index is 0.0558. The third kappa shape index (κ3) is 4.42. The maximum atomic E-state index is 13.7. The Bertz CT molecular complexity index is 489. The molecule has 1 aromatic rings. The third-order valence-corrected chi connectivity index (χ3v) is 4.74. The highest BCUT2D eigenvalue weighted by Crippen LogP contribution is 2.41. The van der Waals surface area contributed by atoms with Crippen molar-refractivity contribution in [1.29, 1.82) is 0 Å². The molecule has 1 aromatic carbocycles. The van der Waals surface area contributed by atoms with Gasteiger partial charge in [-0.25, -0.2) is 4.39 Å². The van der Waals surface area contributed by atoms with E-state index in [1.165, 1.54) is 6.07 Å². The van der Waals surface area contributed by atoms with E-state index in [2.05, 4.69) is 15.9 Å². The van der Waals surface area contributed by atoms with Gasteiger partial charge in [-0.3, -0.25) is 0 Å². The molecule has 0 bridgehead atoms. The normalized spacial score (nSPS) is 24.9. The van der Waals surface area contributed by atoms with Crippen molar-refractivity contribution in [3.63, 3.8) is 0 Å². The van der Waals surface area contributed by atoms with Crippen LogP contribution in [-0.4, -0.2) is 12.2 Å². The molecule has 1 saturated carbocycles. The Morgan fingerprint density at radius 3 is 2.67 bits per heavy atom. The van der Waals surface area contributed by atoms with E-state index in [1.807, 2.05) is 0 Å². The van der Waals surface area contributed by atoms with Crippen LogP contribution in [0.25, 0.3) is 0 Å². The monoisotopic (exact) mass is 367 g/mol. The molecule has 2 N–H and O–H groups in total. The minimum Gasteiger partial charge on any atom is -0.327 e. The van der Waals surface area contributed by atoms with Gasteiger partial charge in [0.05, 0.1) is 5.92 Å². The van der Waals surface area contributed by atoms with Crippen LogP contribution in [0.1, 0.15) is 31.2 Å². The van der Waals surface area contributed by atoms with Gasteiger partial charge in [-0.15, -0.1) is 0 Å².